The minimum absolute atomic E-state index is 0.0100. The lowest BCUT2D eigenvalue weighted by Gasteiger charge is -2.28. The van der Waals surface area contributed by atoms with Gasteiger partial charge in [-0.3, -0.25) is 24.1 Å². The van der Waals surface area contributed by atoms with Gasteiger partial charge in [0.1, 0.15) is 0 Å². The van der Waals surface area contributed by atoms with Crippen LogP contribution in [0, 0.1) is 0 Å². The number of benzene rings is 1. The molecule has 168 valence electrons. The van der Waals surface area contributed by atoms with Crippen LogP contribution in [-0.4, -0.2) is 97.8 Å². The Labute approximate surface area is 180 Å². The van der Waals surface area contributed by atoms with Gasteiger partial charge in [-0.1, -0.05) is 12.1 Å². The number of amides is 3. The first-order valence-corrected chi connectivity index (χ1v) is 10.1. The summed E-state index contributed by atoms with van der Waals surface area (Å²) in [6.45, 7) is 4.10. The van der Waals surface area contributed by atoms with Crippen LogP contribution in [0.1, 0.15) is 15.9 Å². The molecule has 2 aliphatic rings. The molecule has 0 saturated carbocycles. The minimum atomic E-state index is -0.572. The SMILES string of the molecule is CNC(=O)c1ccc(CN(OC)C(=O)C2=C(O)C(=O)N(CCN3CCOCC3)C2)cc1. The third-order valence-corrected chi connectivity index (χ3v) is 5.39. The van der Waals surface area contributed by atoms with E-state index >= 15 is 0 Å². The molecule has 0 bridgehead atoms. The summed E-state index contributed by atoms with van der Waals surface area (Å²) < 4.78 is 5.32. The summed E-state index contributed by atoms with van der Waals surface area (Å²) >= 11 is 0. The van der Waals surface area contributed by atoms with Crippen LogP contribution in [0.25, 0.3) is 0 Å². The highest BCUT2D eigenvalue weighted by molar-refractivity contribution is 6.06. The first-order valence-electron chi connectivity index (χ1n) is 10.1. The number of hydrogen-bond acceptors (Lipinski definition) is 7. The lowest BCUT2D eigenvalue weighted by atomic mass is 10.1. The molecule has 2 aliphatic heterocycles. The highest BCUT2D eigenvalue weighted by Gasteiger charge is 2.36. The number of aliphatic hydroxyl groups excluding tert-OH is 1. The van der Waals surface area contributed by atoms with Crippen molar-refractivity contribution in [3.05, 3.63) is 46.7 Å². The molecule has 1 fully saturated rings. The first kappa shape index (κ1) is 22.7. The van der Waals surface area contributed by atoms with Crippen molar-refractivity contribution < 1.29 is 29.1 Å². The normalized spacial score (nSPS) is 17.2. The standard InChI is InChI=1S/C21H28N4O6/c1-22-19(27)16-5-3-15(4-6-16)13-25(30-2)20(28)17-14-24(21(29)18(17)26)8-7-23-9-11-31-12-10-23/h3-6,26H,7-14H2,1-2H3,(H,22,27). The number of aliphatic hydroxyl groups is 1. The molecule has 2 heterocycles. The molecule has 1 aromatic carbocycles. The second kappa shape index (κ2) is 10.4. The van der Waals surface area contributed by atoms with E-state index in [-0.39, 0.29) is 24.6 Å². The minimum Gasteiger partial charge on any atom is -0.503 e. The van der Waals surface area contributed by atoms with Crippen molar-refractivity contribution in [3.8, 4) is 0 Å². The maximum atomic E-state index is 12.9. The number of carbonyl (C=O) groups is 3. The molecule has 1 saturated heterocycles. The third kappa shape index (κ3) is 5.40. The van der Waals surface area contributed by atoms with Crippen molar-refractivity contribution in [1.82, 2.24) is 20.2 Å². The van der Waals surface area contributed by atoms with Gasteiger partial charge in [0, 0.05) is 38.8 Å². The molecular formula is C21H28N4O6. The maximum Gasteiger partial charge on any atom is 0.289 e. The molecule has 0 radical (unpaired) electrons. The Morgan fingerprint density at radius 3 is 2.48 bits per heavy atom. The van der Waals surface area contributed by atoms with Gasteiger partial charge in [0.15, 0.2) is 5.76 Å². The molecule has 1 aromatic rings. The average Bonchev–Trinajstić information content (AvgIpc) is 3.10. The first-order chi connectivity index (χ1) is 14.9. The summed E-state index contributed by atoms with van der Waals surface area (Å²) in [6.07, 6.45) is 0. The predicted octanol–water partition coefficient (Wildman–Crippen LogP) is -0.0773. The summed E-state index contributed by atoms with van der Waals surface area (Å²) in [4.78, 5) is 45.8. The fraction of sp³-hybridized carbons (Fsp3) is 0.476. The number of hydrogen-bond donors (Lipinski definition) is 2. The molecule has 10 heteroatoms. The highest BCUT2D eigenvalue weighted by Crippen LogP contribution is 2.21. The van der Waals surface area contributed by atoms with Gasteiger partial charge in [0.2, 0.25) is 0 Å². The number of hydroxylamine groups is 2. The molecule has 10 nitrogen and oxygen atoms in total. The number of morpholine rings is 1. The van der Waals surface area contributed by atoms with Gasteiger partial charge in [0.05, 0.1) is 39.0 Å². The third-order valence-electron chi connectivity index (χ3n) is 5.39. The summed E-state index contributed by atoms with van der Waals surface area (Å²) in [5.74, 6) is -1.87. The van der Waals surface area contributed by atoms with Crippen molar-refractivity contribution in [2.75, 3.05) is 60.1 Å². The molecular weight excluding hydrogens is 404 g/mol. The van der Waals surface area contributed by atoms with Crippen LogP contribution >= 0.6 is 0 Å². The second-order valence-corrected chi connectivity index (χ2v) is 7.31. The van der Waals surface area contributed by atoms with Crippen LogP contribution in [-0.2, 0) is 25.7 Å². The Kier molecular flexibility index (Phi) is 7.61. The summed E-state index contributed by atoms with van der Waals surface area (Å²) in [6, 6.07) is 6.73. The Morgan fingerprint density at radius 2 is 1.87 bits per heavy atom. The van der Waals surface area contributed by atoms with Crippen LogP contribution in [0.4, 0.5) is 0 Å². The molecule has 0 unspecified atom stereocenters. The van der Waals surface area contributed by atoms with Crippen LogP contribution in [0.3, 0.4) is 0 Å². The molecule has 0 aromatic heterocycles. The lowest BCUT2D eigenvalue weighted by Crippen LogP contribution is -2.42. The zero-order chi connectivity index (χ0) is 22.4. The van der Waals surface area contributed by atoms with Crippen molar-refractivity contribution >= 4 is 17.7 Å². The number of rotatable bonds is 8. The van der Waals surface area contributed by atoms with Gasteiger partial charge in [-0.05, 0) is 17.7 Å². The molecule has 31 heavy (non-hydrogen) atoms. The van der Waals surface area contributed by atoms with E-state index in [4.69, 9.17) is 9.57 Å². The van der Waals surface area contributed by atoms with E-state index in [0.717, 1.165) is 23.7 Å². The van der Waals surface area contributed by atoms with E-state index in [1.807, 2.05) is 0 Å². The highest BCUT2D eigenvalue weighted by atomic mass is 16.7. The molecule has 3 amide bonds. The smallest absolute Gasteiger partial charge is 0.289 e. The molecule has 0 spiro atoms. The van der Waals surface area contributed by atoms with Gasteiger partial charge in [0.25, 0.3) is 17.7 Å². The quantitative estimate of drug-likeness (QED) is 0.553. The Bertz CT molecular complexity index is 848. The molecule has 2 N–H and O–H groups in total. The monoisotopic (exact) mass is 432 g/mol. The second-order valence-electron chi connectivity index (χ2n) is 7.31. The van der Waals surface area contributed by atoms with E-state index < -0.39 is 17.6 Å². The van der Waals surface area contributed by atoms with E-state index in [9.17, 15) is 19.5 Å². The predicted molar refractivity (Wildman–Crippen MR) is 111 cm³/mol. The summed E-state index contributed by atoms with van der Waals surface area (Å²) in [5.41, 5.74) is 1.24. The van der Waals surface area contributed by atoms with Crippen LogP contribution in [0.2, 0.25) is 0 Å². The number of ether oxygens (including phenoxy) is 1. The van der Waals surface area contributed by atoms with Gasteiger partial charge in [-0.2, -0.15) is 0 Å². The van der Waals surface area contributed by atoms with Crippen LogP contribution < -0.4 is 5.32 Å². The van der Waals surface area contributed by atoms with Gasteiger partial charge < -0.3 is 20.1 Å². The van der Waals surface area contributed by atoms with E-state index in [2.05, 4.69) is 10.2 Å². The van der Waals surface area contributed by atoms with Crippen LogP contribution in [0.15, 0.2) is 35.6 Å². The maximum absolute atomic E-state index is 12.9. The van der Waals surface area contributed by atoms with Crippen LogP contribution in [0.5, 0.6) is 0 Å². The fourth-order valence-electron chi connectivity index (χ4n) is 3.49. The summed E-state index contributed by atoms with van der Waals surface area (Å²) in [7, 11) is 2.90. The van der Waals surface area contributed by atoms with E-state index in [0.29, 0.717) is 31.9 Å². The number of nitrogens with zero attached hydrogens (tertiary/aromatic N) is 3. The van der Waals surface area contributed by atoms with Gasteiger partial charge in [-0.25, -0.2) is 5.06 Å². The lowest BCUT2D eigenvalue weighted by molar-refractivity contribution is -0.174. The van der Waals surface area contributed by atoms with Gasteiger partial charge in [-0.15, -0.1) is 0 Å². The zero-order valence-electron chi connectivity index (χ0n) is 17.8. The van der Waals surface area contributed by atoms with Crippen molar-refractivity contribution in [2.45, 2.75) is 6.54 Å². The molecule has 0 aliphatic carbocycles. The summed E-state index contributed by atoms with van der Waals surface area (Å²) in [5, 5.41) is 13.9. The number of nitrogens with one attached hydrogen (secondary N) is 1. The molecule has 3 rings (SSSR count). The van der Waals surface area contributed by atoms with Gasteiger partial charge >= 0.3 is 0 Å². The Balaban J connectivity index is 1.61. The fourth-order valence-corrected chi connectivity index (χ4v) is 3.49. The Hall–Kier alpha value is -2.95. The Morgan fingerprint density at radius 1 is 1.19 bits per heavy atom. The zero-order valence-corrected chi connectivity index (χ0v) is 17.8. The van der Waals surface area contributed by atoms with E-state index in [1.54, 1.807) is 31.3 Å². The number of carbonyl (C=O) groups excluding carboxylic acids is 3. The van der Waals surface area contributed by atoms with E-state index in [1.165, 1.54) is 12.0 Å². The van der Waals surface area contributed by atoms with Crippen molar-refractivity contribution in [2.24, 2.45) is 0 Å². The van der Waals surface area contributed by atoms with Crippen molar-refractivity contribution in [1.29, 1.82) is 0 Å². The average molecular weight is 432 g/mol. The topological polar surface area (TPSA) is 112 Å². The molecule has 0 atom stereocenters. The van der Waals surface area contributed by atoms with Crippen molar-refractivity contribution in [3.63, 3.8) is 0 Å². The largest absolute Gasteiger partial charge is 0.503 e.